The number of nitrogens with zero attached hydrogens (tertiary/aromatic N) is 1. The van der Waals surface area contributed by atoms with E-state index in [0.29, 0.717) is 5.56 Å². The number of benzene rings is 2. The highest BCUT2D eigenvalue weighted by Gasteiger charge is 2.14. The summed E-state index contributed by atoms with van der Waals surface area (Å²) in [6, 6.07) is 12.3. The maximum Gasteiger partial charge on any atom is 0.236 e. The van der Waals surface area contributed by atoms with Gasteiger partial charge in [0.1, 0.15) is 11.6 Å². The molecule has 1 amide bonds. The quantitative estimate of drug-likeness (QED) is 0.754. The topological polar surface area (TPSA) is 41.6 Å². The zero-order valence-corrected chi connectivity index (χ0v) is 16.1. The van der Waals surface area contributed by atoms with Crippen LogP contribution in [-0.4, -0.2) is 31.5 Å². The summed E-state index contributed by atoms with van der Waals surface area (Å²) >= 11 is 3.46. The Bertz CT molecular complexity index is 739. The molecule has 0 aromatic heterocycles. The summed E-state index contributed by atoms with van der Waals surface area (Å²) in [5, 5.41) is 3.20. The van der Waals surface area contributed by atoms with Gasteiger partial charge in [-0.2, -0.15) is 0 Å². The Morgan fingerprint density at radius 3 is 2.68 bits per heavy atom. The van der Waals surface area contributed by atoms with Crippen LogP contribution in [-0.2, 0) is 11.3 Å². The lowest BCUT2D eigenvalue weighted by atomic mass is 10.1. The fraction of sp³-hybridized carbons (Fsp3) is 0.316. The molecule has 6 heteroatoms. The molecule has 0 heterocycles. The minimum absolute atomic E-state index is 0.00647. The molecule has 25 heavy (non-hydrogen) atoms. The number of methoxy groups -OCH3 is 1. The van der Waals surface area contributed by atoms with Gasteiger partial charge in [0.05, 0.1) is 18.1 Å². The molecule has 0 aliphatic carbocycles. The largest absolute Gasteiger partial charge is 0.496 e. The van der Waals surface area contributed by atoms with Crippen LogP contribution < -0.4 is 10.1 Å². The van der Waals surface area contributed by atoms with Crippen molar-refractivity contribution in [1.29, 1.82) is 0 Å². The lowest BCUT2D eigenvalue weighted by molar-refractivity contribution is -0.129. The number of amides is 1. The van der Waals surface area contributed by atoms with Gasteiger partial charge in [-0.25, -0.2) is 4.39 Å². The van der Waals surface area contributed by atoms with Gasteiger partial charge in [-0.1, -0.05) is 24.3 Å². The number of nitrogens with one attached hydrogen (secondary N) is 1. The predicted octanol–water partition coefficient (Wildman–Crippen LogP) is 3.91. The number of carbonyl (C=O) groups is 1. The zero-order valence-electron chi connectivity index (χ0n) is 14.6. The molecule has 4 nitrogen and oxygen atoms in total. The third-order valence-corrected chi connectivity index (χ3v) is 4.65. The first kappa shape index (κ1) is 19.4. The van der Waals surface area contributed by atoms with Gasteiger partial charge in [0.15, 0.2) is 0 Å². The fourth-order valence-electron chi connectivity index (χ4n) is 2.42. The fourth-order valence-corrected chi connectivity index (χ4v) is 2.97. The molecule has 0 aliphatic rings. The van der Waals surface area contributed by atoms with Crippen molar-refractivity contribution in [1.82, 2.24) is 10.2 Å². The van der Waals surface area contributed by atoms with Gasteiger partial charge in [-0.05, 0) is 46.6 Å². The second kappa shape index (κ2) is 8.97. The Labute approximate surface area is 156 Å². The van der Waals surface area contributed by atoms with Gasteiger partial charge in [0, 0.05) is 25.2 Å². The van der Waals surface area contributed by atoms with Crippen LogP contribution in [0.2, 0.25) is 0 Å². The molecule has 0 radical (unpaired) electrons. The molecule has 0 saturated carbocycles. The van der Waals surface area contributed by atoms with E-state index in [1.165, 1.54) is 11.0 Å². The molecule has 2 aromatic carbocycles. The second-order valence-corrected chi connectivity index (χ2v) is 6.69. The number of hydrogen-bond acceptors (Lipinski definition) is 3. The van der Waals surface area contributed by atoms with Crippen LogP contribution in [0, 0.1) is 5.82 Å². The molecular weight excluding hydrogens is 387 g/mol. The Balaban J connectivity index is 1.90. The maximum atomic E-state index is 13.7. The van der Waals surface area contributed by atoms with Gasteiger partial charge in [0.25, 0.3) is 0 Å². The van der Waals surface area contributed by atoms with Gasteiger partial charge >= 0.3 is 0 Å². The number of hydrogen-bond donors (Lipinski definition) is 1. The molecule has 0 fully saturated rings. The summed E-state index contributed by atoms with van der Waals surface area (Å²) in [7, 11) is 3.29. The molecule has 0 spiro atoms. The standard InChI is InChI=1S/C19H22BrFN2O2/c1-13(14-8-9-18(25-3)16(20)10-14)22-11-19(24)23(2)12-15-6-4-5-7-17(15)21/h4-10,13,22H,11-12H2,1-3H3. The SMILES string of the molecule is COc1ccc(C(C)NCC(=O)N(C)Cc2ccccc2F)cc1Br. The van der Waals surface area contributed by atoms with E-state index in [9.17, 15) is 9.18 Å². The minimum Gasteiger partial charge on any atom is -0.496 e. The Morgan fingerprint density at radius 2 is 2.04 bits per heavy atom. The van der Waals surface area contributed by atoms with Crippen molar-refractivity contribution in [2.45, 2.75) is 19.5 Å². The molecular formula is C19H22BrFN2O2. The van der Waals surface area contributed by atoms with Crippen LogP contribution in [0.4, 0.5) is 4.39 Å². The van der Waals surface area contributed by atoms with Crippen molar-refractivity contribution < 1.29 is 13.9 Å². The van der Waals surface area contributed by atoms with Crippen LogP contribution in [0.5, 0.6) is 5.75 Å². The van der Waals surface area contributed by atoms with E-state index in [1.807, 2.05) is 25.1 Å². The second-order valence-electron chi connectivity index (χ2n) is 5.84. The normalized spacial score (nSPS) is 11.9. The first-order chi connectivity index (χ1) is 11.9. The molecule has 0 saturated heterocycles. The highest BCUT2D eigenvalue weighted by Crippen LogP contribution is 2.27. The summed E-state index contributed by atoms with van der Waals surface area (Å²) in [5.41, 5.74) is 1.54. The van der Waals surface area contributed by atoms with Crippen LogP contribution >= 0.6 is 15.9 Å². The van der Waals surface area contributed by atoms with E-state index in [4.69, 9.17) is 4.74 Å². The number of halogens is 2. The molecule has 0 bridgehead atoms. The summed E-state index contributed by atoms with van der Waals surface area (Å²) in [5.74, 6) is 0.367. The van der Waals surface area contributed by atoms with Crippen LogP contribution in [0.3, 0.4) is 0 Å². The number of carbonyl (C=O) groups excluding carboxylic acids is 1. The maximum absolute atomic E-state index is 13.7. The lowest BCUT2D eigenvalue weighted by Gasteiger charge is -2.20. The monoisotopic (exact) mass is 408 g/mol. The van der Waals surface area contributed by atoms with Crippen molar-refractivity contribution in [2.75, 3.05) is 20.7 Å². The number of ether oxygens (including phenoxy) is 1. The van der Waals surface area contributed by atoms with Crippen molar-refractivity contribution in [3.05, 3.63) is 63.9 Å². The highest BCUT2D eigenvalue weighted by molar-refractivity contribution is 9.10. The van der Waals surface area contributed by atoms with Crippen LogP contribution in [0.25, 0.3) is 0 Å². The minimum atomic E-state index is -0.299. The first-order valence-electron chi connectivity index (χ1n) is 7.96. The smallest absolute Gasteiger partial charge is 0.236 e. The Hall–Kier alpha value is -1.92. The zero-order chi connectivity index (χ0) is 18.4. The highest BCUT2D eigenvalue weighted by atomic mass is 79.9. The number of likely N-dealkylation sites (N-methyl/N-ethyl adjacent to an activating group) is 1. The van der Waals surface area contributed by atoms with Crippen molar-refractivity contribution in [2.24, 2.45) is 0 Å². The lowest BCUT2D eigenvalue weighted by Crippen LogP contribution is -2.36. The van der Waals surface area contributed by atoms with Gasteiger partial charge in [-0.3, -0.25) is 4.79 Å². The van der Waals surface area contributed by atoms with E-state index in [-0.39, 0.29) is 30.9 Å². The summed E-state index contributed by atoms with van der Waals surface area (Å²) in [4.78, 5) is 13.8. The molecule has 2 aromatic rings. The van der Waals surface area contributed by atoms with E-state index in [2.05, 4.69) is 21.2 Å². The number of rotatable bonds is 7. The summed E-state index contributed by atoms with van der Waals surface area (Å²) < 4.78 is 19.8. The summed E-state index contributed by atoms with van der Waals surface area (Å²) in [6.07, 6.45) is 0. The Kier molecular flexibility index (Phi) is 6.96. The third-order valence-electron chi connectivity index (χ3n) is 4.03. The van der Waals surface area contributed by atoms with E-state index in [0.717, 1.165) is 15.8 Å². The average molecular weight is 409 g/mol. The van der Waals surface area contributed by atoms with Crippen molar-refractivity contribution >= 4 is 21.8 Å². The van der Waals surface area contributed by atoms with E-state index in [1.54, 1.807) is 32.4 Å². The van der Waals surface area contributed by atoms with Gasteiger partial charge in [0.2, 0.25) is 5.91 Å². The molecule has 0 aliphatic heterocycles. The third kappa shape index (κ3) is 5.28. The first-order valence-corrected chi connectivity index (χ1v) is 8.76. The average Bonchev–Trinajstić information content (AvgIpc) is 2.61. The Morgan fingerprint density at radius 1 is 1.32 bits per heavy atom. The van der Waals surface area contributed by atoms with Crippen molar-refractivity contribution in [3.8, 4) is 5.75 Å². The molecule has 2 rings (SSSR count). The van der Waals surface area contributed by atoms with Gasteiger partial charge in [-0.15, -0.1) is 0 Å². The van der Waals surface area contributed by atoms with Crippen LogP contribution in [0.15, 0.2) is 46.9 Å². The predicted molar refractivity (Wildman–Crippen MR) is 100.0 cm³/mol. The van der Waals surface area contributed by atoms with Crippen LogP contribution in [0.1, 0.15) is 24.1 Å². The summed E-state index contributed by atoms with van der Waals surface area (Å²) in [6.45, 7) is 2.41. The van der Waals surface area contributed by atoms with E-state index < -0.39 is 0 Å². The van der Waals surface area contributed by atoms with E-state index >= 15 is 0 Å². The molecule has 1 unspecified atom stereocenters. The molecule has 1 atom stereocenters. The molecule has 1 N–H and O–H groups in total. The van der Waals surface area contributed by atoms with Crippen molar-refractivity contribution in [3.63, 3.8) is 0 Å². The van der Waals surface area contributed by atoms with Gasteiger partial charge < -0.3 is 15.0 Å². The molecule has 134 valence electrons.